The molecule has 0 aliphatic rings. The van der Waals surface area contributed by atoms with Gasteiger partial charge >= 0.3 is 0 Å². The Morgan fingerprint density at radius 1 is 1.26 bits per heavy atom. The molecule has 102 valence electrons. The second-order valence-electron chi connectivity index (χ2n) is 4.79. The SMILES string of the molecule is Cc1ccc(C(CN)C(O)c2scc(C)c2Cl)cc1. The van der Waals surface area contributed by atoms with Crippen molar-refractivity contribution in [3.8, 4) is 0 Å². The molecule has 3 N–H and O–H groups in total. The van der Waals surface area contributed by atoms with Gasteiger partial charge in [0.2, 0.25) is 0 Å². The van der Waals surface area contributed by atoms with Crippen LogP contribution in [0.25, 0.3) is 0 Å². The standard InChI is InChI=1S/C15H18ClNOS/c1-9-3-5-11(6-4-9)12(7-17)14(18)15-13(16)10(2)8-19-15/h3-6,8,12,14,18H,7,17H2,1-2H3. The number of aliphatic hydroxyl groups excluding tert-OH is 1. The molecule has 0 spiro atoms. The van der Waals surface area contributed by atoms with Gasteiger partial charge in [0.1, 0.15) is 0 Å². The van der Waals surface area contributed by atoms with E-state index in [2.05, 4.69) is 0 Å². The van der Waals surface area contributed by atoms with Crippen LogP contribution in [-0.2, 0) is 0 Å². The predicted octanol–water partition coefficient (Wildman–Crippen LogP) is 3.79. The maximum absolute atomic E-state index is 10.5. The molecular formula is C15H18ClNOS. The number of rotatable bonds is 4. The van der Waals surface area contributed by atoms with Crippen molar-refractivity contribution in [2.24, 2.45) is 5.73 Å². The Morgan fingerprint density at radius 2 is 1.89 bits per heavy atom. The van der Waals surface area contributed by atoms with Gasteiger partial charge in [-0.25, -0.2) is 0 Å². The van der Waals surface area contributed by atoms with E-state index in [1.807, 2.05) is 43.5 Å². The minimum absolute atomic E-state index is 0.129. The summed E-state index contributed by atoms with van der Waals surface area (Å²) in [4.78, 5) is 0.801. The van der Waals surface area contributed by atoms with Gasteiger partial charge in [-0.1, -0.05) is 41.4 Å². The van der Waals surface area contributed by atoms with Crippen molar-refractivity contribution in [3.63, 3.8) is 0 Å². The summed E-state index contributed by atoms with van der Waals surface area (Å²) < 4.78 is 0. The van der Waals surface area contributed by atoms with Crippen molar-refractivity contribution in [1.82, 2.24) is 0 Å². The minimum atomic E-state index is -0.654. The molecule has 2 nitrogen and oxygen atoms in total. The quantitative estimate of drug-likeness (QED) is 0.901. The van der Waals surface area contributed by atoms with Gasteiger partial charge in [-0.15, -0.1) is 11.3 Å². The van der Waals surface area contributed by atoms with E-state index in [1.165, 1.54) is 16.9 Å². The molecule has 0 radical (unpaired) electrons. The Bertz CT molecular complexity index is 550. The van der Waals surface area contributed by atoms with Crippen LogP contribution in [-0.4, -0.2) is 11.7 Å². The van der Waals surface area contributed by atoms with Crippen LogP contribution < -0.4 is 5.73 Å². The van der Waals surface area contributed by atoms with Gasteiger partial charge < -0.3 is 10.8 Å². The van der Waals surface area contributed by atoms with Crippen LogP contribution in [0.5, 0.6) is 0 Å². The molecular weight excluding hydrogens is 278 g/mol. The molecule has 19 heavy (non-hydrogen) atoms. The van der Waals surface area contributed by atoms with E-state index in [0.29, 0.717) is 11.6 Å². The highest BCUT2D eigenvalue weighted by molar-refractivity contribution is 7.10. The van der Waals surface area contributed by atoms with Gasteiger partial charge in [-0.2, -0.15) is 0 Å². The average molecular weight is 296 g/mol. The Morgan fingerprint density at radius 3 is 2.37 bits per heavy atom. The molecule has 0 saturated carbocycles. The average Bonchev–Trinajstić information content (AvgIpc) is 2.73. The molecule has 1 aromatic carbocycles. The van der Waals surface area contributed by atoms with Gasteiger partial charge in [0.25, 0.3) is 0 Å². The van der Waals surface area contributed by atoms with E-state index in [9.17, 15) is 5.11 Å². The van der Waals surface area contributed by atoms with E-state index in [4.69, 9.17) is 17.3 Å². The molecule has 0 aliphatic carbocycles. The summed E-state index contributed by atoms with van der Waals surface area (Å²) in [7, 11) is 0. The third kappa shape index (κ3) is 3.00. The normalized spacial score (nSPS) is 14.4. The number of aliphatic hydroxyl groups is 1. The van der Waals surface area contributed by atoms with Crippen LogP contribution in [0.2, 0.25) is 5.02 Å². The summed E-state index contributed by atoms with van der Waals surface area (Å²) >= 11 is 7.72. The molecule has 1 aromatic heterocycles. The Labute approximate surface area is 122 Å². The van der Waals surface area contributed by atoms with Crippen LogP contribution in [0.3, 0.4) is 0 Å². The third-order valence-electron chi connectivity index (χ3n) is 3.33. The molecule has 2 rings (SSSR count). The highest BCUT2D eigenvalue weighted by Gasteiger charge is 2.25. The molecule has 0 aliphatic heterocycles. The van der Waals surface area contributed by atoms with E-state index in [-0.39, 0.29) is 5.92 Å². The van der Waals surface area contributed by atoms with Crippen molar-refractivity contribution in [3.05, 3.63) is 56.2 Å². The highest BCUT2D eigenvalue weighted by atomic mass is 35.5. The zero-order chi connectivity index (χ0) is 14.0. The lowest BCUT2D eigenvalue weighted by Crippen LogP contribution is -2.19. The zero-order valence-electron chi connectivity index (χ0n) is 11.1. The first-order chi connectivity index (χ1) is 9.04. The lowest BCUT2D eigenvalue weighted by Gasteiger charge is -2.21. The van der Waals surface area contributed by atoms with E-state index in [1.54, 1.807) is 0 Å². The maximum Gasteiger partial charge on any atom is 0.0977 e. The van der Waals surface area contributed by atoms with Crippen molar-refractivity contribution < 1.29 is 5.11 Å². The maximum atomic E-state index is 10.5. The molecule has 1 heterocycles. The first-order valence-electron chi connectivity index (χ1n) is 6.22. The summed E-state index contributed by atoms with van der Waals surface area (Å²) in [5.41, 5.74) is 9.08. The predicted molar refractivity (Wildman–Crippen MR) is 82.0 cm³/mol. The van der Waals surface area contributed by atoms with Gasteiger partial charge in [0, 0.05) is 12.5 Å². The minimum Gasteiger partial charge on any atom is -0.387 e. The number of halogens is 1. The number of aryl methyl sites for hydroxylation is 2. The van der Waals surface area contributed by atoms with Crippen molar-refractivity contribution in [2.45, 2.75) is 25.9 Å². The molecule has 2 aromatic rings. The molecule has 2 atom stereocenters. The van der Waals surface area contributed by atoms with Crippen molar-refractivity contribution >= 4 is 22.9 Å². The monoisotopic (exact) mass is 295 g/mol. The summed E-state index contributed by atoms with van der Waals surface area (Å²) in [6.45, 7) is 4.37. The van der Waals surface area contributed by atoms with Crippen molar-refractivity contribution in [1.29, 1.82) is 0 Å². The van der Waals surface area contributed by atoms with Crippen LogP contribution in [0, 0.1) is 13.8 Å². The highest BCUT2D eigenvalue weighted by Crippen LogP contribution is 2.39. The van der Waals surface area contributed by atoms with E-state index >= 15 is 0 Å². The van der Waals surface area contributed by atoms with Crippen molar-refractivity contribution in [2.75, 3.05) is 6.54 Å². The van der Waals surface area contributed by atoms with Crippen LogP contribution >= 0.6 is 22.9 Å². The lowest BCUT2D eigenvalue weighted by molar-refractivity contribution is 0.151. The summed E-state index contributed by atoms with van der Waals surface area (Å²) in [5.74, 6) is -0.129. The van der Waals surface area contributed by atoms with E-state index in [0.717, 1.165) is 16.0 Å². The van der Waals surface area contributed by atoms with E-state index < -0.39 is 6.10 Å². The smallest absolute Gasteiger partial charge is 0.0977 e. The van der Waals surface area contributed by atoms with Gasteiger partial charge in [-0.05, 0) is 30.4 Å². The summed E-state index contributed by atoms with van der Waals surface area (Å²) in [6, 6.07) is 8.10. The van der Waals surface area contributed by atoms with Crippen LogP contribution in [0.4, 0.5) is 0 Å². The second-order valence-corrected chi connectivity index (χ2v) is 6.08. The van der Waals surface area contributed by atoms with Crippen LogP contribution in [0.1, 0.15) is 33.6 Å². The molecule has 0 amide bonds. The first-order valence-corrected chi connectivity index (χ1v) is 7.48. The molecule has 0 saturated heterocycles. The Hall–Kier alpha value is -0.870. The fraction of sp³-hybridized carbons (Fsp3) is 0.333. The number of thiophene rings is 1. The second kappa shape index (κ2) is 6.06. The van der Waals surface area contributed by atoms with Crippen LogP contribution in [0.15, 0.2) is 29.6 Å². The molecule has 4 heteroatoms. The number of hydrogen-bond acceptors (Lipinski definition) is 3. The van der Waals surface area contributed by atoms with Gasteiger partial charge in [-0.3, -0.25) is 0 Å². The van der Waals surface area contributed by atoms with Gasteiger partial charge in [0.15, 0.2) is 0 Å². The topological polar surface area (TPSA) is 46.2 Å². The Kier molecular flexibility index (Phi) is 4.63. The van der Waals surface area contributed by atoms with Gasteiger partial charge in [0.05, 0.1) is 16.0 Å². The molecule has 2 unspecified atom stereocenters. The number of benzene rings is 1. The zero-order valence-corrected chi connectivity index (χ0v) is 12.6. The molecule has 0 fully saturated rings. The summed E-state index contributed by atoms with van der Waals surface area (Å²) in [6.07, 6.45) is -0.654. The fourth-order valence-corrected chi connectivity index (χ4v) is 3.45. The first kappa shape index (κ1) is 14.5. The lowest BCUT2D eigenvalue weighted by atomic mass is 9.92. The summed E-state index contributed by atoms with van der Waals surface area (Å²) in [5, 5.41) is 13.2. The number of nitrogens with two attached hydrogens (primary N) is 1. The fourth-order valence-electron chi connectivity index (χ4n) is 2.09. The molecule has 0 bridgehead atoms. The Balaban J connectivity index is 2.31. The number of hydrogen-bond donors (Lipinski definition) is 2. The largest absolute Gasteiger partial charge is 0.387 e. The third-order valence-corrected chi connectivity index (χ3v) is 5.12.